The average molecular weight is 140 g/mol. The molecule has 1 aliphatic rings. The lowest BCUT2D eigenvalue weighted by Gasteiger charge is -2.63. The van der Waals surface area contributed by atoms with Crippen molar-refractivity contribution in [3.05, 3.63) is 0 Å². The van der Waals surface area contributed by atoms with Gasteiger partial charge in [-0.1, -0.05) is 41.5 Å². The van der Waals surface area contributed by atoms with Crippen LogP contribution in [0.5, 0.6) is 0 Å². The van der Waals surface area contributed by atoms with E-state index in [9.17, 15) is 0 Å². The molecule has 0 aromatic carbocycles. The molecule has 0 radical (unpaired) electrons. The Bertz CT molecular complexity index is 124. The lowest BCUT2D eigenvalue weighted by atomic mass is 9.42. The summed E-state index contributed by atoms with van der Waals surface area (Å²) in [7, 11) is 0. The summed E-state index contributed by atoms with van der Waals surface area (Å²) in [6.07, 6.45) is 0. The molecule has 60 valence electrons. The summed E-state index contributed by atoms with van der Waals surface area (Å²) in [6.45, 7) is 14.3. The second kappa shape index (κ2) is 1.78. The van der Waals surface area contributed by atoms with Gasteiger partial charge in [-0.3, -0.25) is 0 Å². The molecular formula is C10H20. The Morgan fingerprint density at radius 2 is 0.900 bits per heavy atom. The van der Waals surface area contributed by atoms with Crippen LogP contribution < -0.4 is 0 Å². The maximum Gasteiger partial charge on any atom is -0.0272 e. The third kappa shape index (κ3) is 0.627. The molecule has 10 heavy (non-hydrogen) atoms. The minimum Gasteiger partial charge on any atom is -0.0617 e. The first-order chi connectivity index (χ1) is 4.32. The highest BCUT2D eigenvalue weighted by Gasteiger charge is 2.56. The highest BCUT2D eigenvalue weighted by atomic mass is 14.6. The largest absolute Gasteiger partial charge is 0.0617 e. The zero-order valence-corrected chi connectivity index (χ0v) is 8.15. The van der Waals surface area contributed by atoms with Gasteiger partial charge in [0.05, 0.1) is 0 Å². The molecule has 0 bridgehead atoms. The fraction of sp³-hybridized carbons (Fsp3) is 1.00. The van der Waals surface area contributed by atoms with Crippen LogP contribution in [-0.4, -0.2) is 0 Å². The summed E-state index contributed by atoms with van der Waals surface area (Å²) in [6, 6.07) is 0. The molecular weight excluding hydrogens is 120 g/mol. The van der Waals surface area contributed by atoms with Crippen LogP contribution in [0.1, 0.15) is 41.5 Å². The van der Waals surface area contributed by atoms with Crippen LogP contribution >= 0.6 is 0 Å². The van der Waals surface area contributed by atoms with E-state index < -0.39 is 0 Å². The summed E-state index contributed by atoms with van der Waals surface area (Å²) >= 11 is 0. The smallest absolute Gasteiger partial charge is 0.0272 e. The molecule has 0 N–H and O–H groups in total. The standard InChI is InChI=1S/C10H20/c1-7-8(2)10(5,6)9(7,3)4/h7-8H,1-6H3/t7-,8?/m0/s1. The van der Waals surface area contributed by atoms with Gasteiger partial charge in [0.2, 0.25) is 0 Å². The molecule has 1 unspecified atom stereocenters. The van der Waals surface area contributed by atoms with Crippen LogP contribution in [0, 0.1) is 22.7 Å². The third-order valence-electron chi connectivity index (χ3n) is 4.69. The molecule has 0 heteroatoms. The maximum atomic E-state index is 2.39. The second-order valence-corrected chi connectivity index (χ2v) is 5.02. The predicted molar refractivity (Wildman–Crippen MR) is 45.9 cm³/mol. The van der Waals surface area contributed by atoms with Gasteiger partial charge in [0.25, 0.3) is 0 Å². The van der Waals surface area contributed by atoms with Gasteiger partial charge in [-0.25, -0.2) is 0 Å². The van der Waals surface area contributed by atoms with E-state index in [1.165, 1.54) is 0 Å². The normalized spacial score (nSPS) is 42.6. The predicted octanol–water partition coefficient (Wildman–Crippen LogP) is 3.32. The van der Waals surface area contributed by atoms with Crippen LogP contribution in [0.4, 0.5) is 0 Å². The third-order valence-corrected chi connectivity index (χ3v) is 4.69. The van der Waals surface area contributed by atoms with Crippen molar-refractivity contribution in [2.45, 2.75) is 41.5 Å². The van der Waals surface area contributed by atoms with Crippen LogP contribution in [0.15, 0.2) is 0 Å². The zero-order valence-electron chi connectivity index (χ0n) is 8.15. The van der Waals surface area contributed by atoms with E-state index >= 15 is 0 Å². The molecule has 0 heterocycles. The van der Waals surface area contributed by atoms with E-state index in [-0.39, 0.29) is 0 Å². The van der Waals surface area contributed by atoms with Gasteiger partial charge in [-0.2, -0.15) is 0 Å². The summed E-state index contributed by atoms with van der Waals surface area (Å²) in [5, 5.41) is 0. The molecule has 0 aromatic rings. The fourth-order valence-corrected chi connectivity index (χ4v) is 2.33. The van der Waals surface area contributed by atoms with Crippen LogP contribution in [0.25, 0.3) is 0 Å². The highest BCUT2D eigenvalue weighted by Crippen LogP contribution is 2.63. The van der Waals surface area contributed by atoms with Crippen molar-refractivity contribution >= 4 is 0 Å². The van der Waals surface area contributed by atoms with Gasteiger partial charge in [0.15, 0.2) is 0 Å². The molecule has 1 saturated carbocycles. The zero-order chi connectivity index (χ0) is 8.15. The maximum absolute atomic E-state index is 2.39. The van der Waals surface area contributed by atoms with Crippen molar-refractivity contribution in [2.75, 3.05) is 0 Å². The molecule has 1 rings (SSSR count). The minimum atomic E-state index is 0.548. The Hall–Kier alpha value is 0. The number of rotatable bonds is 0. The van der Waals surface area contributed by atoms with Gasteiger partial charge < -0.3 is 0 Å². The topological polar surface area (TPSA) is 0 Å². The second-order valence-electron chi connectivity index (χ2n) is 5.02. The van der Waals surface area contributed by atoms with Gasteiger partial charge in [0, 0.05) is 0 Å². The summed E-state index contributed by atoms with van der Waals surface area (Å²) < 4.78 is 0. The number of hydrogen-bond acceptors (Lipinski definition) is 0. The highest BCUT2D eigenvalue weighted by molar-refractivity contribution is 5.05. The molecule has 0 saturated heterocycles. The first-order valence-corrected chi connectivity index (χ1v) is 4.32. The summed E-state index contributed by atoms with van der Waals surface area (Å²) in [5.74, 6) is 1.78. The first kappa shape index (κ1) is 8.10. The van der Waals surface area contributed by atoms with Gasteiger partial charge in [-0.05, 0) is 22.7 Å². The molecule has 0 aliphatic heterocycles. The Balaban J connectivity index is 2.82. The Morgan fingerprint density at radius 3 is 1.00 bits per heavy atom. The monoisotopic (exact) mass is 140 g/mol. The fourth-order valence-electron chi connectivity index (χ4n) is 2.33. The van der Waals surface area contributed by atoms with E-state index in [0.717, 1.165) is 11.8 Å². The van der Waals surface area contributed by atoms with E-state index in [4.69, 9.17) is 0 Å². The minimum absolute atomic E-state index is 0.548. The van der Waals surface area contributed by atoms with Crippen LogP contribution in [0.2, 0.25) is 0 Å². The summed E-state index contributed by atoms with van der Waals surface area (Å²) in [4.78, 5) is 0. The van der Waals surface area contributed by atoms with Crippen molar-refractivity contribution in [3.63, 3.8) is 0 Å². The Morgan fingerprint density at radius 1 is 0.700 bits per heavy atom. The lowest BCUT2D eigenvalue weighted by Crippen LogP contribution is -2.57. The van der Waals surface area contributed by atoms with Crippen molar-refractivity contribution in [1.82, 2.24) is 0 Å². The van der Waals surface area contributed by atoms with Gasteiger partial charge in [0.1, 0.15) is 0 Å². The van der Waals surface area contributed by atoms with Crippen LogP contribution in [-0.2, 0) is 0 Å². The van der Waals surface area contributed by atoms with Crippen molar-refractivity contribution in [2.24, 2.45) is 22.7 Å². The Labute approximate surface area is 65.0 Å². The molecule has 0 nitrogen and oxygen atoms in total. The average Bonchev–Trinajstić information content (AvgIpc) is 1.84. The first-order valence-electron chi connectivity index (χ1n) is 4.32. The van der Waals surface area contributed by atoms with Crippen molar-refractivity contribution in [1.29, 1.82) is 0 Å². The lowest BCUT2D eigenvalue weighted by molar-refractivity contribution is -0.148. The van der Waals surface area contributed by atoms with E-state index in [2.05, 4.69) is 41.5 Å². The molecule has 0 spiro atoms. The molecule has 2 atom stereocenters. The van der Waals surface area contributed by atoms with Gasteiger partial charge in [-0.15, -0.1) is 0 Å². The molecule has 1 aliphatic carbocycles. The van der Waals surface area contributed by atoms with Crippen molar-refractivity contribution in [3.8, 4) is 0 Å². The van der Waals surface area contributed by atoms with E-state index in [1.807, 2.05) is 0 Å². The van der Waals surface area contributed by atoms with Crippen LogP contribution in [0.3, 0.4) is 0 Å². The van der Waals surface area contributed by atoms with Gasteiger partial charge >= 0.3 is 0 Å². The quantitative estimate of drug-likeness (QED) is 0.484. The van der Waals surface area contributed by atoms with E-state index in [0.29, 0.717) is 10.8 Å². The van der Waals surface area contributed by atoms with E-state index in [1.54, 1.807) is 0 Å². The summed E-state index contributed by atoms with van der Waals surface area (Å²) in [5.41, 5.74) is 1.10. The number of hydrogen-bond donors (Lipinski definition) is 0. The molecule has 0 aromatic heterocycles. The molecule has 0 amide bonds. The van der Waals surface area contributed by atoms with Crippen molar-refractivity contribution < 1.29 is 0 Å². The SMILES string of the molecule is CC1[C@H](C)C(C)(C)C1(C)C. The Kier molecular flexibility index (Phi) is 1.44. The molecule has 1 fully saturated rings.